The van der Waals surface area contributed by atoms with Crippen molar-refractivity contribution >= 4 is 5.91 Å². The third kappa shape index (κ3) is 3.64. The average Bonchev–Trinajstić information content (AvgIpc) is 3.08. The van der Waals surface area contributed by atoms with E-state index >= 15 is 0 Å². The number of benzene rings is 1. The van der Waals surface area contributed by atoms with Gasteiger partial charge in [-0.25, -0.2) is 0 Å². The van der Waals surface area contributed by atoms with Crippen LogP contribution in [0.5, 0.6) is 0 Å². The van der Waals surface area contributed by atoms with Crippen molar-refractivity contribution < 1.29 is 4.79 Å². The number of aryl methyl sites for hydroxylation is 2. The molecular weight excluding hydrogens is 292 g/mol. The summed E-state index contributed by atoms with van der Waals surface area (Å²) in [5.74, 6) is 0.538. The number of hydrogen-bond acceptors (Lipinski definition) is 4. The van der Waals surface area contributed by atoms with Crippen LogP contribution in [-0.4, -0.2) is 39.1 Å². The maximum atomic E-state index is 12.1. The van der Waals surface area contributed by atoms with E-state index in [1.54, 1.807) is 0 Å². The van der Waals surface area contributed by atoms with Crippen LogP contribution in [0.2, 0.25) is 0 Å². The fraction of sp³-hybridized carbons (Fsp3) is 0.412. The third-order valence-electron chi connectivity index (χ3n) is 4.12. The molecule has 0 saturated carbocycles. The summed E-state index contributed by atoms with van der Waals surface area (Å²) in [6.45, 7) is 3.65. The summed E-state index contributed by atoms with van der Waals surface area (Å²) in [6.07, 6.45) is 2.77. The zero-order valence-electron chi connectivity index (χ0n) is 13.2. The van der Waals surface area contributed by atoms with Crippen LogP contribution in [0.4, 0.5) is 0 Å². The number of nitrogens with one attached hydrogen (secondary N) is 1. The van der Waals surface area contributed by atoms with E-state index in [2.05, 4.69) is 15.2 Å². The number of aromatic amines is 1. The molecule has 2 aromatic rings. The number of H-pyrrole nitrogens is 1. The molecule has 1 amide bonds. The first kappa shape index (κ1) is 15.4. The Morgan fingerprint density at radius 2 is 1.87 bits per heavy atom. The topological polar surface area (TPSA) is 79.0 Å². The zero-order valence-corrected chi connectivity index (χ0v) is 13.2. The highest BCUT2D eigenvalue weighted by Gasteiger charge is 2.18. The van der Waals surface area contributed by atoms with Crippen molar-refractivity contribution in [3.05, 3.63) is 45.9 Å². The number of amides is 1. The van der Waals surface area contributed by atoms with E-state index in [0.717, 1.165) is 37.1 Å². The van der Waals surface area contributed by atoms with Crippen LogP contribution >= 0.6 is 0 Å². The largest absolute Gasteiger partial charge is 0.343 e. The first-order chi connectivity index (χ1) is 11.1. The molecule has 1 aromatic carbocycles. The van der Waals surface area contributed by atoms with E-state index in [4.69, 9.17) is 0 Å². The van der Waals surface area contributed by atoms with Crippen LogP contribution in [0.25, 0.3) is 11.4 Å². The molecule has 1 aliphatic rings. The summed E-state index contributed by atoms with van der Waals surface area (Å²) < 4.78 is 0. The maximum absolute atomic E-state index is 12.1. The second-order valence-electron chi connectivity index (χ2n) is 5.90. The molecular formula is C17H20N4O2. The number of carbonyl (C=O) groups excluding carboxylic acids is 1. The minimum absolute atomic E-state index is 0.0892. The smallest absolute Gasteiger partial charge is 0.273 e. The van der Waals surface area contributed by atoms with E-state index in [1.807, 2.05) is 36.1 Å². The summed E-state index contributed by atoms with van der Waals surface area (Å²) in [6, 6.07) is 7.70. The van der Waals surface area contributed by atoms with Gasteiger partial charge >= 0.3 is 0 Å². The second kappa shape index (κ2) is 6.73. The zero-order chi connectivity index (χ0) is 16.2. The predicted octanol–water partition coefficient (Wildman–Crippen LogP) is 1.70. The van der Waals surface area contributed by atoms with Crippen LogP contribution in [0.15, 0.2) is 29.1 Å². The van der Waals surface area contributed by atoms with Crippen molar-refractivity contribution in [2.75, 3.05) is 13.1 Å². The van der Waals surface area contributed by atoms with Gasteiger partial charge in [-0.2, -0.15) is 0 Å². The van der Waals surface area contributed by atoms with E-state index in [9.17, 15) is 9.59 Å². The normalized spacial score (nSPS) is 14.2. The standard InChI is InChI=1S/C17H20N4O2/c1-12-4-6-13(7-5-12)16-18-17(23)14(19-20-16)8-9-15(22)21-10-2-3-11-21/h4-7H,2-3,8-11H2,1H3,(H,18,20,23). The summed E-state index contributed by atoms with van der Waals surface area (Å²) in [7, 11) is 0. The Balaban J connectivity index is 1.68. The van der Waals surface area contributed by atoms with E-state index in [1.165, 1.54) is 0 Å². The number of likely N-dealkylation sites (tertiary alicyclic amines) is 1. The number of aromatic nitrogens is 3. The molecule has 6 nitrogen and oxygen atoms in total. The minimum Gasteiger partial charge on any atom is -0.343 e. The molecule has 23 heavy (non-hydrogen) atoms. The van der Waals surface area contributed by atoms with Crippen molar-refractivity contribution in [2.45, 2.75) is 32.6 Å². The van der Waals surface area contributed by atoms with Crippen LogP contribution < -0.4 is 5.56 Å². The Kier molecular flexibility index (Phi) is 4.50. The highest BCUT2D eigenvalue weighted by atomic mass is 16.2. The van der Waals surface area contributed by atoms with Gasteiger partial charge in [0.2, 0.25) is 5.91 Å². The summed E-state index contributed by atoms with van der Waals surface area (Å²) in [5.41, 5.74) is 2.00. The van der Waals surface area contributed by atoms with Gasteiger partial charge in [-0.15, -0.1) is 10.2 Å². The number of hydrogen-bond donors (Lipinski definition) is 1. The molecule has 1 N–H and O–H groups in total. The summed E-state index contributed by atoms with van der Waals surface area (Å²) in [5, 5.41) is 8.10. The number of carbonyl (C=O) groups is 1. The molecule has 0 aliphatic carbocycles. The molecule has 0 atom stereocenters. The van der Waals surface area contributed by atoms with Gasteiger partial charge in [0.05, 0.1) is 0 Å². The lowest BCUT2D eigenvalue weighted by atomic mass is 10.1. The molecule has 1 fully saturated rings. The molecule has 0 spiro atoms. The van der Waals surface area contributed by atoms with Gasteiger partial charge in [0.25, 0.3) is 5.56 Å². The minimum atomic E-state index is -0.273. The lowest BCUT2D eigenvalue weighted by Gasteiger charge is -2.14. The van der Waals surface area contributed by atoms with Crippen LogP contribution in [0.1, 0.15) is 30.5 Å². The Labute approximate surface area is 134 Å². The van der Waals surface area contributed by atoms with Gasteiger partial charge in [-0.3, -0.25) is 9.59 Å². The summed E-state index contributed by atoms with van der Waals surface area (Å²) in [4.78, 5) is 28.7. The van der Waals surface area contributed by atoms with Gasteiger partial charge in [0.1, 0.15) is 5.69 Å². The predicted molar refractivity (Wildman–Crippen MR) is 87.0 cm³/mol. The van der Waals surface area contributed by atoms with Crippen molar-refractivity contribution in [1.82, 2.24) is 20.1 Å². The quantitative estimate of drug-likeness (QED) is 0.932. The first-order valence-electron chi connectivity index (χ1n) is 7.94. The third-order valence-corrected chi connectivity index (χ3v) is 4.12. The molecule has 1 aliphatic heterocycles. The van der Waals surface area contributed by atoms with Crippen LogP contribution in [0, 0.1) is 6.92 Å². The fourth-order valence-electron chi connectivity index (χ4n) is 2.72. The van der Waals surface area contributed by atoms with Crippen molar-refractivity contribution in [3.8, 4) is 11.4 Å². The highest BCUT2D eigenvalue weighted by molar-refractivity contribution is 5.76. The van der Waals surface area contributed by atoms with Gasteiger partial charge in [-0.05, 0) is 19.8 Å². The molecule has 0 radical (unpaired) electrons. The first-order valence-corrected chi connectivity index (χ1v) is 7.94. The Bertz CT molecular complexity index is 746. The molecule has 1 saturated heterocycles. The van der Waals surface area contributed by atoms with Crippen LogP contribution in [0.3, 0.4) is 0 Å². The number of nitrogens with zero attached hydrogens (tertiary/aromatic N) is 3. The highest BCUT2D eigenvalue weighted by Crippen LogP contribution is 2.13. The monoisotopic (exact) mass is 312 g/mol. The van der Waals surface area contributed by atoms with E-state index in [-0.39, 0.29) is 11.5 Å². The van der Waals surface area contributed by atoms with Gasteiger partial charge < -0.3 is 9.88 Å². The summed E-state index contributed by atoms with van der Waals surface area (Å²) >= 11 is 0. The molecule has 0 unspecified atom stereocenters. The number of rotatable bonds is 4. The van der Waals surface area contributed by atoms with Crippen molar-refractivity contribution in [3.63, 3.8) is 0 Å². The lowest BCUT2D eigenvalue weighted by Crippen LogP contribution is -2.28. The molecule has 120 valence electrons. The van der Waals surface area contributed by atoms with Crippen molar-refractivity contribution in [1.29, 1.82) is 0 Å². The van der Waals surface area contributed by atoms with Gasteiger partial charge in [0.15, 0.2) is 5.82 Å². The SMILES string of the molecule is Cc1ccc(-c2nnc(CCC(=O)N3CCCC3)c(=O)[nH]2)cc1. The maximum Gasteiger partial charge on any atom is 0.273 e. The molecule has 2 heterocycles. The average molecular weight is 312 g/mol. The second-order valence-corrected chi connectivity index (χ2v) is 5.90. The van der Waals surface area contributed by atoms with Gasteiger partial charge in [-0.1, -0.05) is 29.8 Å². The fourth-order valence-corrected chi connectivity index (χ4v) is 2.72. The molecule has 1 aromatic heterocycles. The Morgan fingerprint density at radius 1 is 1.17 bits per heavy atom. The van der Waals surface area contributed by atoms with Crippen LogP contribution in [-0.2, 0) is 11.2 Å². The molecule has 3 rings (SSSR count). The Hall–Kier alpha value is -2.50. The van der Waals surface area contributed by atoms with Gasteiger partial charge in [0, 0.05) is 31.5 Å². The molecule has 0 bridgehead atoms. The van der Waals surface area contributed by atoms with E-state index in [0.29, 0.717) is 24.4 Å². The van der Waals surface area contributed by atoms with Crippen molar-refractivity contribution in [2.24, 2.45) is 0 Å². The lowest BCUT2D eigenvalue weighted by molar-refractivity contribution is -0.130. The Morgan fingerprint density at radius 3 is 2.52 bits per heavy atom. The van der Waals surface area contributed by atoms with E-state index < -0.39 is 0 Å². The molecule has 6 heteroatoms.